The predicted molar refractivity (Wildman–Crippen MR) is 27.0 cm³/mol. The first kappa shape index (κ1) is 5.06. The highest BCUT2D eigenvalue weighted by Crippen LogP contribution is 1.51. The van der Waals surface area contributed by atoms with Crippen molar-refractivity contribution in [3.05, 3.63) is 31.3 Å². The van der Waals surface area contributed by atoms with E-state index in [0.717, 1.165) is 0 Å². The Morgan fingerprint density at radius 1 is 1.67 bits per heavy atom. The minimum absolute atomic E-state index is 1.55. The van der Waals surface area contributed by atoms with E-state index in [-0.39, 0.29) is 0 Å². The lowest BCUT2D eigenvalue weighted by atomic mass is 10.8. The molecule has 1 N–H and O–H groups in total. The van der Waals surface area contributed by atoms with Gasteiger partial charge >= 0.3 is 0 Å². The summed E-state index contributed by atoms with van der Waals surface area (Å²) < 4.78 is 0. The normalized spacial score (nSPS) is 5.33. The maximum Gasteiger partial charge on any atom is 0.0430 e. The average Bonchev–Trinajstić information content (AvgIpc) is 1.61. The molecule has 6 heavy (non-hydrogen) atoms. The Hall–Kier alpha value is -0.940. The van der Waals surface area contributed by atoms with Crippen molar-refractivity contribution in [2.45, 2.75) is 0 Å². The molecule has 0 bridgehead atoms. The quantitative estimate of drug-likeness (QED) is 0.489. The summed E-state index contributed by atoms with van der Waals surface area (Å²) >= 11 is 0. The van der Waals surface area contributed by atoms with Gasteiger partial charge in [-0.05, 0) is 6.20 Å². The van der Waals surface area contributed by atoms with Gasteiger partial charge in [0.05, 0.1) is 0 Å². The van der Waals surface area contributed by atoms with E-state index in [1.54, 1.807) is 12.4 Å². The Bertz CT molecular complexity index is 77.9. The summed E-state index contributed by atoms with van der Waals surface area (Å²) in [5, 5.41) is 2.66. The van der Waals surface area contributed by atoms with Crippen molar-refractivity contribution in [3.63, 3.8) is 0 Å². The van der Waals surface area contributed by atoms with E-state index in [1.165, 1.54) is 0 Å². The lowest BCUT2D eigenvalue weighted by molar-refractivity contribution is 1.21. The molecule has 0 rings (SSSR count). The van der Waals surface area contributed by atoms with Crippen LogP contribution in [-0.4, -0.2) is 0 Å². The Kier molecular flexibility index (Phi) is 3.42. The molecular formula is C5H7N. The first-order valence-electron chi connectivity index (χ1n) is 1.63. The maximum absolute atomic E-state index is 3.39. The number of nitrogens with one attached hydrogen (secondary N) is 1. The smallest absolute Gasteiger partial charge is 0.0430 e. The molecule has 0 aromatic carbocycles. The van der Waals surface area contributed by atoms with Gasteiger partial charge in [0.25, 0.3) is 0 Å². The standard InChI is InChI=1S/C5H7N/c1-3-5-6-4-2/h4-6H,1-2H2. The third-order valence-corrected chi connectivity index (χ3v) is 0.303. The number of hydrogen-bond acceptors (Lipinski definition) is 1. The summed E-state index contributed by atoms with van der Waals surface area (Å²) in [6.07, 6.45) is 3.13. The second-order valence-corrected chi connectivity index (χ2v) is 0.719. The van der Waals surface area contributed by atoms with Crippen LogP contribution in [0.5, 0.6) is 0 Å². The van der Waals surface area contributed by atoms with Crippen LogP contribution in [0, 0.1) is 0 Å². The first-order chi connectivity index (χ1) is 2.91. The zero-order valence-corrected chi connectivity index (χ0v) is 3.57. The maximum atomic E-state index is 3.39. The van der Waals surface area contributed by atoms with Crippen molar-refractivity contribution < 1.29 is 0 Å². The minimum Gasteiger partial charge on any atom is -0.362 e. The highest BCUT2D eigenvalue weighted by Gasteiger charge is 1.47. The van der Waals surface area contributed by atoms with Crippen LogP contribution < -0.4 is 5.32 Å². The van der Waals surface area contributed by atoms with E-state index in [2.05, 4.69) is 24.2 Å². The van der Waals surface area contributed by atoms with Crippen LogP contribution in [0.1, 0.15) is 0 Å². The molecule has 0 saturated heterocycles. The second-order valence-electron chi connectivity index (χ2n) is 0.719. The lowest BCUT2D eigenvalue weighted by Crippen LogP contribution is -1.86. The Balaban J connectivity index is 3.07. The van der Waals surface area contributed by atoms with Crippen LogP contribution in [0.2, 0.25) is 0 Å². The second kappa shape index (κ2) is 4.06. The van der Waals surface area contributed by atoms with Crippen LogP contribution in [-0.2, 0) is 0 Å². The fraction of sp³-hybridized carbons (Fsp3) is 0. The van der Waals surface area contributed by atoms with Crippen LogP contribution in [0.25, 0.3) is 0 Å². The van der Waals surface area contributed by atoms with Crippen LogP contribution in [0.4, 0.5) is 0 Å². The molecule has 0 aliphatic rings. The van der Waals surface area contributed by atoms with Crippen molar-refractivity contribution in [3.8, 4) is 0 Å². The van der Waals surface area contributed by atoms with Gasteiger partial charge in [0.15, 0.2) is 0 Å². The van der Waals surface area contributed by atoms with E-state index >= 15 is 0 Å². The van der Waals surface area contributed by atoms with Crippen molar-refractivity contribution in [1.82, 2.24) is 5.32 Å². The first-order valence-corrected chi connectivity index (χ1v) is 1.63. The Morgan fingerprint density at radius 3 is 2.50 bits per heavy atom. The highest BCUT2D eigenvalue weighted by molar-refractivity contribution is 4.78. The zero-order valence-electron chi connectivity index (χ0n) is 3.57. The Labute approximate surface area is 37.7 Å². The molecule has 0 saturated carbocycles. The van der Waals surface area contributed by atoms with Gasteiger partial charge in [-0.25, -0.2) is 0 Å². The average molecular weight is 81.1 g/mol. The molecule has 0 aliphatic heterocycles. The fourth-order valence-corrected chi connectivity index (χ4v) is 0.118. The van der Waals surface area contributed by atoms with Crippen molar-refractivity contribution in [2.75, 3.05) is 0 Å². The van der Waals surface area contributed by atoms with Crippen molar-refractivity contribution in [2.24, 2.45) is 0 Å². The van der Waals surface area contributed by atoms with Gasteiger partial charge in [-0.2, -0.15) is 0 Å². The summed E-state index contributed by atoms with van der Waals surface area (Å²) in [5.74, 6) is 0. The molecule has 0 amide bonds. The zero-order chi connectivity index (χ0) is 4.83. The van der Waals surface area contributed by atoms with Crippen molar-refractivity contribution >= 4 is 0 Å². The lowest BCUT2D eigenvalue weighted by Gasteiger charge is -1.75. The molecule has 1 nitrogen and oxygen atoms in total. The molecule has 0 aliphatic carbocycles. The molecule has 0 spiro atoms. The van der Waals surface area contributed by atoms with Gasteiger partial charge in [0.2, 0.25) is 0 Å². The molecule has 1 heteroatoms. The van der Waals surface area contributed by atoms with Crippen molar-refractivity contribution in [1.29, 1.82) is 0 Å². The van der Waals surface area contributed by atoms with Gasteiger partial charge < -0.3 is 5.32 Å². The molecule has 0 atom stereocenters. The van der Waals surface area contributed by atoms with E-state index in [1.807, 2.05) is 0 Å². The topological polar surface area (TPSA) is 12.0 Å². The molecule has 0 aromatic heterocycles. The molecule has 0 heterocycles. The molecule has 0 unspecified atom stereocenters. The van der Waals surface area contributed by atoms with Crippen LogP contribution >= 0.6 is 0 Å². The highest BCUT2D eigenvalue weighted by atomic mass is 14.8. The SMILES string of the molecule is C=C=CNC=C. The predicted octanol–water partition coefficient (Wildman–Crippen LogP) is 1.02. The molecule has 32 valence electrons. The molecular weight excluding hydrogens is 74.1 g/mol. The van der Waals surface area contributed by atoms with Gasteiger partial charge in [0.1, 0.15) is 0 Å². The molecule has 0 radical (unpaired) electrons. The van der Waals surface area contributed by atoms with E-state index in [4.69, 9.17) is 0 Å². The monoisotopic (exact) mass is 81.1 g/mol. The Morgan fingerprint density at radius 2 is 2.33 bits per heavy atom. The summed E-state index contributed by atoms with van der Waals surface area (Å²) in [6.45, 7) is 6.70. The molecule has 0 aromatic rings. The summed E-state index contributed by atoms with van der Waals surface area (Å²) in [5.41, 5.74) is 2.51. The molecule has 0 fully saturated rings. The summed E-state index contributed by atoms with van der Waals surface area (Å²) in [7, 11) is 0. The van der Waals surface area contributed by atoms with E-state index in [9.17, 15) is 0 Å². The van der Waals surface area contributed by atoms with Gasteiger partial charge in [0, 0.05) is 6.20 Å². The van der Waals surface area contributed by atoms with Gasteiger partial charge in [-0.1, -0.05) is 13.2 Å². The summed E-state index contributed by atoms with van der Waals surface area (Å²) in [6, 6.07) is 0. The van der Waals surface area contributed by atoms with E-state index in [0.29, 0.717) is 0 Å². The number of hydrogen-bond donors (Lipinski definition) is 1. The van der Waals surface area contributed by atoms with Gasteiger partial charge in [-0.3, -0.25) is 0 Å². The largest absolute Gasteiger partial charge is 0.362 e. The number of rotatable bonds is 2. The fourth-order valence-electron chi connectivity index (χ4n) is 0.118. The van der Waals surface area contributed by atoms with E-state index < -0.39 is 0 Å². The van der Waals surface area contributed by atoms with Crippen LogP contribution in [0.15, 0.2) is 31.3 Å². The minimum atomic E-state index is 1.55. The third-order valence-electron chi connectivity index (χ3n) is 0.303. The van der Waals surface area contributed by atoms with Gasteiger partial charge in [-0.15, -0.1) is 5.73 Å². The van der Waals surface area contributed by atoms with Crippen LogP contribution in [0.3, 0.4) is 0 Å². The summed E-state index contributed by atoms with van der Waals surface area (Å²) in [4.78, 5) is 0. The third kappa shape index (κ3) is 3.06.